The Labute approximate surface area is 178 Å². The Hall–Kier alpha value is -3.94. The molecule has 0 bridgehead atoms. The average molecular weight is 420 g/mol. The van der Waals surface area contributed by atoms with Crippen LogP contribution >= 0.6 is 0 Å². The number of nitrogens with one attached hydrogen (secondary N) is 2. The van der Waals surface area contributed by atoms with Crippen LogP contribution < -0.4 is 20.3 Å². The van der Waals surface area contributed by atoms with E-state index < -0.39 is 11.7 Å². The summed E-state index contributed by atoms with van der Waals surface area (Å²) >= 11 is 0. The summed E-state index contributed by atoms with van der Waals surface area (Å²) in [4.78, 5) is 30.2. The van der Waals surface area contributed by atoms with E-state index in [0.29, 0.717) is 35.9 Å². The van der Waals surface area contributed by atoms with E-state index in [4.69, 9.17) is 4.74 Å². The zero-order valence-electron chi connectivity index (χ0n) is 16.9. The fraction of sp³-hybridized carbons (Fsp3) is 0.174. The molecule has 1 fully saturated rings. The standard InChI is InChI=1S/C23H21FN4O3/c1-31-18-6-2-15(3-7-18)16-4-8-19(20(24)12-16)23(30)27-17-5-9-21(26-13-17)28-11-10-25-22(29)14-28/h2-9,12-13H,10-11,14H2,1H3,(H,25,29)(H,27,30). The van der Waals surface area contributed by atoms with E-state index in [1.807, 2.05) is 17.0 Å². The molecule has 0 saturated carbocycles. The van der Waals surface area contributed by atoms with Crippen LogP contribution in [0.5, 0.6) is 5.75 Å². The van der Waals surface area contributed by atoms with E-state index in [0.717, 1.165) is 5.56 Å². The number of halogens is 1. The molecule has 3 aromatic rings. The van der Waals surface area contributed by atoms with Crippen molar-refractivity contribution in [3.63, 3.8) is 0 Å². The van der Waals surface area contributed by atoms with Crippen molar-refractivity contribution >= 4 is 23.3 Å². The number of aromatic nitrogens is 1. The van der Waals surface area contributed by atoms with Crippen LogP contribution in [0.25, 0.3) is 11.1 Å². The lowest BCUT2D eigenvalue weighted by Crippen LogP contribution is -2.48. The van der Waals surface area contributed by atoms with Gasteiger partial charge in [-0.05, 0) is 47.5 Å². The number of hydrogen-bond donors (Lipinski definition) is 2. The second-order valence-electron chi connectivity index (χ2n) is 7.05. The second kappa shape index (κ2) is 8.83. The molecule has 2 heterocycles. The quantitative estimate of drug-likeness (QED) is 0.663. The van der Waals surface area contributed by atoms with Gasteiger partial charge in [-0.1, -0.05) is 18.2 Å². The molecule has 2 amide bonds. The topological polar surface area (TPSA) is 83.6 Å². The summed E-state index contributed by atoms with van der Waals surface area (Å²) in [6.45, 7) is 1.46. The first-order valence-corrected chi connectivity index (χ1v) is 9.76. The molecule has 1 saturated heterocycles. The lowest BCUT2D eigenvalue weighted by molar-refractivity contribution is -0.120. The predicted octanol–water partition coefficient (Wildman–Crippen LogP) is 3.08. The lowest BCUT2D eigenvalue weighted by Gasteiger charge is -2.27. The number of benzene rings is 2. The van der Waals surface area contributed by atoms with Gasteiger partial charge in [0.05, 0.1) is 31.1 Å². The van der Waals surface area contributed by atoms with Gasteiger partial charge in [0.15, 0.2) is 0 Å². The number of rotatable bonds is 5. The first-order valence-electron chi connectivity index (χ1n) is 9.76. The molecule has 158 valence electrons. The Kier molecular flexibility index (Phi) is 5.79. The smallest absolute Gasteiger partial charge is 0.258 e. The molecule has 1 aromatic heterocycles. The Morgan fingerprint density at radius 2 is 1.90 bits per heavy atom. The number of methoxy groups -OCH3 is 1. The Morgan fingerprint density at radius 3 is 2.55 bits per heavy atom. The summed E-state index contributed by atoms with van der Waals surface area (Å²) in [6.07, 6.45) is 1.49. The van der Waals surface area contributed by atoms with Crippen molar-refractivity contribution in [1.29, 1.82) is 0 Å². The fourth-order valence-corrected chi connectivity index (χ4v) is 3.34. The molecule has 0 spiro atoms. The van der Waals surface area contributed by atoms with Gasteiger partial charge in [0.2, 0.25) is 5.91 Å². The molecule has 8 heteroatoms. The highest BCUT2D eigenvalue weighted by Crippen LogP contribution is 2.25. The first-order chi connectivity index (χ1) is 15.0. The summed E-state index contributed by atoms with van der Waals surface area (Å²) < 4.78 is 19.8. The lowest BCUT2D eigenvalue weighted by atomic mass is 10.0. The molecule has 1 aliphatic heterocycles. The molecular formula is C23H21FN4O3. The molecule has 0 aliphatic carbocycles. The molecule has 2 N–H and O–H groups in total. The highest BCUT2D eigenvalue weighted by molar-refractivity contribution is 6.04. The van der Waals surface area contributed by atoms with Crippen LogP contribution in [0.1, 0.15) is 10.4 Å². The monoisotopic (exact) mass is 420 g/mol. The van der Waals surface area contributed by atoms with Gasteiger partial charge in [0.1, 0.15) is 17.4 Å². The van der Waals surface area contributed by atoms with Crippen molar-refractivity contribution in [2.75, 3.05) is 37.0 Å². The van der Waals surface area contributed by atoms with Crippen LogP contribution in [0, 0.1) is 5.82 Å². The maximum absolute atomic E-state index is 14.6. The van der Waals surface area contributed by atoms with E-state index in [1.165, 1.54) is 18.3 Å². The minimum Gasteiger partial charge on any atom is -0.497 e. The third-order valence-corrected chi connectivity index (χ3v) is 5.01. The summed E-state index contributed by atoms with van der Waals surface area (Å²) in [6, 6.07) is 15.1. The van der Waals surface area contributed by atoms with Crippen LogP contribution in [0.15, 0.2) is 60.8 Å². The Morgan fingerprint density at radius 1 is 1.13 bits per heavy atom. The maximum Gasteiger partial charge on any atom is 0.258 e. The van der Waals surface area contributed by atoms with Crippen molar-refractivity contribution < 1.29 is 18.7 Å². The average Bonchev–Trinajstić information content (AvgIpc) is 2.79. The normalized spacial score (nSPS) is 13.5. The summed E-state index contributed by atoms with van der Waals surface area (Å²) in [7, 11) is 1.58. The first kappa shape index (κ1) is 20.3. The third kappa shape index (κ3) is 4.63. The molecule has 7 nitrogen and oxygen atoms in total. The van der Waals surface area contributed by atoms with Gasteiger partial charge < -0.3 is 20.3 Å². The zero-order chi connectivity index (χ0) is 21.8. The van der Waals surface area contributed by atoms with Gasteiger partial charge in [-0.3, -0.25) is 9.59 Å². The molecule has 1 aliphatic rings. The van der Waals surface area contributed by atoms with Crippen molar-refractivity contribution in [2.45, 2.75) is 0 Å². The Balaban J connectivity index is 1.45. The van der Waals surface area contributed by atoms with Crippen LogP contribution in [-0.2, 0) is 4.79 Å². The van der Waals surface area contributed by atoms with Crippen LogP contribution in [0.2, 0.25) is 0 Å². The van der Waals surface area contributed by atoms with E-state index in [1.54, 1.807) is 37.4 Å². The molecule has 0 radical (unpaired) electrons. The third-order valence-electron chi connectivity index (χ3n) is 5.01. The minimum absolute atomic E-state index is 0.0565. The highest BCUT2D eigenvalue weighted by Gasteiger charge is 2.18. The molecule has 31 heavy (non-hydrogen) atoms. The maximum atomic E-state index is 14.6. The number of nitrogens with zero attached hydrogens (tertiary/aromatic N) is 2. The summed E-state index contributed by atoms with van der Waals surface area (Å²) in [5.74, 6) is 0.116. The van der Waals surface area contributed by atoms with Gasteiger partial charge in [0.25, 0.3) is 5.91 Å². The summed E-state index contributed by atoms with van der Waals surface area (Å²) in [5.41, 5.74) is 1.86. The van der Waals surface area contributed by atoms with Gasteiger partial charge in [-0.2, -0.15) is 0 Å². The van der Waals surface area contributed by atoms with E-state index in [2.05, 4.69) is 15.6 Å². The second-order valence-corrected chi connectivity index (χ2v) is 7.05. The molecule has 0 unspecified atom stereocenters. The van der Waals surface area contributed by atoms with Gasteiger partial charge in [-0.15, -0.1) is 0 Å². The van der Waals surface area contributed by atoms with E-state index in [-0.39, 0.29) is 18.0 Å². The molecule has 0 atom stereocenters. The number of carbonyl (C=O) groups is 2. The van der Waals surface area contributed by atoms with Crippen molar-refractivity contribution in [3.8, 4) is 16.9 Å². The van der Waals surface area contributed by atoms with E-state index >= 15 is 0 Å². The Bertz CT molecular complexity index is 1100. The predicted molar refractivity (Wildman–Crippen MR) is 116 cm³/mol. The van der Waals surface area contributed by atoms with Crippen LogP contribution in [-0.4, -0.2) is 43.5 Å². The fourth-order valence-electron chi connectivity index (χ4n) is 3.34. The number of piperazine rings is 1. The highest BCUT2D eigenvalue weighted by atomic mass is 19.1. The number of anilines is 2. The van der Waals surface area contributed by atoms with Gasteiger partial charge >= 0.3 is 0 Å². The number of hydrogen-bond acceptors (Lipinski definition) is 5. The summed E-state index contributed by atoms with van der Waals surface area (Å²) in [5, 5.41) is 5.41. The van der Waals surface area contributed by atoms with Crippen molar-refractivity contribution in [3.05, 3.63) is 72.2 Å². The minimum atomic E-state index is -0.616. The van der Waals surface area contributed by atoms with E-state index in [9.17, 15) is 14.0 Å². The largest absolute Gasteiger partial charge is 0.497 e. The molecule has 2 aromatic carbocycles. The molecule has 4 rings (SSSR count). The van der Waals surface area contributed by atoms with Crippen molar-refractivity contribution in [1.82, 2.24) is 10.3 Å². The number of ether oxygens (including phenoxy) is 1. The van der Waals surface area contributed by atoms with Crippen molar-refractivity contribution in [2.24, 2.45) is 0 Å². The SMILES string of the molecule is COc1ccc(-c2ccc(C(=O)Nc3ccc(N4CCNC(=O)C4)nc3)c(F)c2)cc1. The van der Waals surface area contributed by atoms with Crippen LogP contribution in [0.3, 0.4) is 0 Å². The number of pyridine rings is 1. The van der Waals surface area contributed by atoms with Gasteiger partial charge in [-0.25, -0.2) is 9.37 Å². The molecular weight excluding hydrogens is 399 g/mol. The van der Waals surface area contributed by atoms with Crippen LogP contribution in [0.4, 0.5) is 15.9 Å². The number of carbonyl (C=O) groups excluding carboxylic acids is 2. The number of amides is 2. The van der Waals surface area contributed by atoms with Gasteiger partial charge in [0, 0.05) is 13.1 Å². The zero-order valence-corrected chi connectivity index (χ0v) is 16.9.